The Balaban J connectivity index is 2.86. The van der Waals surface area contributed by atoms with E-state index in [1.165, 1.54) is 11.3 Å². The van der Waals surface area contributed by atoms with E-state index in [-0.39, 0.29) is 0 Å². The van der Waals surface area contributed by atoms with E-state index in [0.29, 0.717) is 17.4 Å². The fraction of sp³-hybridized carbons (Fsp3) is 0.400. The van der Waals surface area contributed by atoms with E-state index in [4.69, 9.17) is 10.5 Å². The van der Waals surface area contributed by atoms with E-state index < -0.39 is 5.97 Å². The lowest BCUT2D eigenvalue weighted by molar-refractivity contribution is 0.0520. The minimum absolute atomic E-state index is 0.291. The van der Waals surface area contributed by atoms with E-state index in [1.54, 1.807) is 6.92 Å². The maximum Gasteiger partial charge on any atom is 0.358 e. The Morgan fingerprint density at radius 3 is 3.06 bits per heavy atom. The van der Waals surface area contributed by atoms with Crippen LogP contribution < -0.4 is 5.73 Å². The monoisotopic (exact) mass is 258 g/mol. The molecule has 0 atom stereocenters. The number of hydrogen-bond acceptors (Lipinski definition) is 6. The number of aromatic nitrogens is 1. The molecule has 2 N–H and O–H groups in total. The Morgan fingerprint density at radius 1 is 1.69 bits per heavy atom. The number of allylic oxidation sites excluding steroid dienone is 1. The molecule has 0 spiro atoms. The van der Waals surface area contributed by atoms with Crippen LogP contribution >= 0.6 is 24.0 Å². The number of carbonyl (C=O) groups is 1. The molecule has 1 rings (SSSR count). The second-order valence-corrected chi connectivity index (χ2v) is 4.41. The Hall–Kier alpha value is -1.01. The summed E-state index contributed by atoms with van der Waals surface area (Å²) in [4.78, 5) is 16.2. The summed E-state index contributed by atoms with van der Waals surface area (Å²) in [6, 6.07) is 0. The summed E-state index contributed by atoms with van der Waals surface area (Å²) < 4.78 is 4.89. The van der Waals surface area contributed by atoms with Gasteiger partial charge in [-0.15, -0.1) is 0 Å². The summed E-state index contributed by atoms with van der Waals surface area (Å²) in [6.07, 6.45) is 4.60. The van der Waals surface area contributed by atoms with Crippen LogP contribution in [0.25, 0.3) is 6.08 Å². The van der Waals surface area contributed by atoms with Crippen LogP contribution in [0.4, 0.5) is 5.13 Å². The van der Waals surface area contributed by atoms with Gasteiger partial charge < -0.3 is 10.5 Å². The van der Waals surface area contributed by atoms with Crippen molar-refractivity contribution >= 4 is 41.1 Å². The molecule has 0 aliphatic rings. The summed E-state index contributed by atoms with van der Waals surface area (Å²) in [5.41, 5.74) is 5.86. The van der Waals surface area contributed by atoms with Crippen LogP contribution in [0, 0.1) is 0 Å². The molecule has 16 heavy (non-hydrogen) atoms. The average Bonchev–Trinajstić information content (AvgIpc) is 2.61. The number of rotatable bonds is 5. The highest BCUT2D eigenvalue weighted by atomic mass is 32.1. The number of nitrogens with two attached hydrogens (primary N) is 1. The van der Waals surface area contributed by atoms with Crippen LogP contribution in [0.5, 0.6) is 0 Å². The number of ether oxygens (including phenoxy) is 1. The molecule has 0 aliphatic heterocycles. The minimum Gasteiger partial charge on any atom is -0.461 e. The molecule has 4 nitrogen and oxygen atoms in total. The van der Waals surface area contributed by atoms with Crippen LogP contribution in [-0.2, 0) is 4.74 Å². The molecule has 0 radical (unpaired) electrons. The van der Waals surface area contributed by atoms with E-state index in [9.17, 15) is 4.79 Å². The highest BCUT2D eigenvalue weighted by Crippen LogP contribution is 2.22. The summed E-state index contributed by atoms with van der Waals surface area (Å²) in [6.45, 7) is 2.08. The maximum atomic E-state index is 11.5. The largest absolute Gasteiger partial charge is 0.461 e. The number of carbonyl (C=O) groups excluding carboxylic acids is 1. The third kappa shape index (κ3) is 3.53. The van der Waals surface area contributed by atoms with Crippen molar-refractivity contribution in [1.82, 2.24) is 4.98 Å². The second kappa shape index (κ2) is 6.55. The van der Waals surface area contributed by atoms with Crippen molar-refractivity contribution < 1.29 is 9.53 Å². The van der Waals surface area contributed by atoms with Crippen molar-refractivity contribution in [3.8, 4) is 0 Å². The van der Waals surface area contributed by atoms with Crippen LogP contribution in [0.3, 0.4) is 0 Å². The fourth-order valence-electron chi connectivity index (χ4n) is 1.07. The van der Waals surface area contributed by atoms with Gasteiger partial charge >= 0.3 is 5.97 Å². The van der Waals surface area contributed by atoms with Gasteiger partial charge in [-0.05, 0) is 25.2 Å². The van der Waals surface area contributed by atoms with Crippen molar-refractivity contribution in [2.75, 3.05) is 18.1 Å². The molecule has 0 saturated carbocycles. The normalized spacial score (nSPS) is 10.9. The summed E-state index contributed by atoms with van der Waals surface area (Å²) in [5, 5.41) is 0.369. The third-order valence-electron chi connectivity index (χ3n) is 1.70. The number of nitrogen functional groups attached to an aromatic ring is 1. The van der Waals surface area contributed by atoms with Crippen molar-refractivity contribution in [2.45, 2.75) is 13.3 Å². The molecule has 0 fully saturated rings. The van der Waals surface area contributed by atoms with Crippen molar-refractivity contribution in [3.05, 3.63) is 16.6 Å². The SMILES string of the molecule is CCOC(=O)c1nc(N)sc1C=CCCS. The van der Waals surface area contributed by atoms with Gasteiger partial charge in [-0.25, -0.2) is 9.78 Å². The first-order valence-corrected chi connectivity index (χ1v) is 6.34. The van der Waals surface area contributed by atoms with Crippen LogP contribution in [0.15, 0.2) is 6.08 Å². The Labute approximate surface area is 104 Å². The van der Waals surface area contributed by atoms with Crippen LogP contribution in [-0.4, -0.2) is 23.3 Å². The van der Waals surface area contributed by atoms with E-state index in [1.807, 2.05) is 12.2 Å². The van der Waals surface area contributed by atoms with Gasteiger partial charge in [0.25, 0.3) is 0 Å². The molecule has 1 aromatic rings. The molecule has 0 unspecified atom stereocenters. The molecule has 0 aliphatic carbocycles. The standard InChI is InChI=1S/C10H14N2O2S2/c1-2-14-9(13)8-7(5-3-4-6-15)16-10(11)12-8/h3,5,15H,2,4,6H2,1H3,(H2,11,12). The number of thiol groups is 1. The molecule has 1 aromatic heterocycles. The molecular formula is C10H14N2O2S2. The number of thiazole rings is 1. The molecule has 0 aromatic carbocycles. The lowest BCUT2D eigenvalue weighted by atomic mass is 10.3. The topological polar surface area (TPSA) is 65.2 Å². The summed E-state index contributed by atoms with van der Waals surface area (Å²) >= 11 is 5.37. The summed E-state index contributed by atoms with van der Waals surface area (Å²) in [5.74, 6) is 0.334. The summed E-state index contributed by atoms with van der Waals surface area (Å²) in [7, 11) is 0. The zero-order valence-corrected chi connectivity index (χ0v) is 10.7. The Kier molecular flexibility index (Phi) is 5.34. The van der Waals surface area contributed by atoms with Gasteiger partial charge in [0.2, 0.25) is 0 Å². The van der Waals surface area contributed by atoms with Gasteiger partial charge in [-0.1, -0.05) is 17.4 Å². The molecule has 0 amide bonds. The number of nitrogens with zero attached hydrogens (tertiary/aromatic N) is 1. The van der Waals surface area contributed by atoms with E-state index in [2.05, 4.69) is 17.6 Å². The van der Waals surface area contributed by atoms with Gasteiger partial charge in [-0.3, -0.25) is 0 Å². The second-order valence-electron chi connectivity index (χ2n) is 2.90. The zero-order valence-electron chi connectivity index (χ0n) is 8.97. The lowest BCUT2D eigenvalue weighted by Gasteiger charge is -1.98. The smallest absolute Gasteiger partial charge is 0.358 e. The Bertz CT molecular complexity index is 388. The van der Waals surface area contributed by atoms with Gasteiger partial charge in [-0.2, -0.15) is 12.6 Å². The third-order valence-corrected chi connectivity index (χ3v) is 2.81. The number of esters is 1. The predicted molar refractivity (Wildman–Crippen MR) is 70.0 cm³/mol. The minimum atomic E-state index is -0.430. The number of hydrogen-bond donors (Lipinski definition) is 2. The molecule has 6 heteroatoms. The van der Waals surface area contributed by atoms with E-state index in [0.717, 1.165) is 17.1 Å². The molecule has 1 heterocycles. The van der Waals surface area contributed by atoms with Crippen molar-refractivity contribution in [3.63, 3.8) is 0 Å². The molecular weight excluding hydrogens is 244 g/mol. The van der Waals surface area contributed by atoms with Gasteiger partial charge in [0.15, 0.2) is 10.8 Å². The first-order chi connectivity index (χ1) is 7.69. The number of anilines is 1. The molecule has 88 valence electrons. The highest BCUT2D eigenvalue weighted by Gasteiger charge is 2.16. The lowest BCUT2D eigenvalue weighted by Crippen LogP contribution is -2.06. The van der Waals surface area contributed by atoms with Crippen molar-refractivity contribution in [2.24, 2.45) is 0 Å². The maximum absolute atomic E-state index is 11.5. The predicted octanol–water partition coefficient (Wildman–Crippen LogP) is 2.24. The highest BCUT2D eigenvalue weighted by molar-refractivity contribution is 7.80. The van der Waals surface area contributed by atoms with Gasteiger partial charge in [0.1, 0.15) is 0 Å². The first kappa shape index (κ1) is 13.1. The van der Waals surface area contributed by atoms with E-state index >= 15 is 0 Å². The van der Waals surface area contributed by atoms with Crippen molar-refractivity contribution in [1.29, 1.82) is 0 Å². The molecule has 0 saturated heterocycles. The zero-order chi connectivity index (χ0) is 12.0. The van der Waals surface area contributed by atoms with Crippen LogP contribution in [0.1, 0.15) is 28.7 Å². The quantitative estimate of drug-likeness (QED) is 0.628. The first-order valence-electron chi connectivity index (χ1n) is 4.89. The Morgan fingerprint density at radius 2 is 2.44 bits per heavy atom. The fourth-order valence-corrected chi connectivity index (χ4v) is 1.97. The van der Waals surface area contributed by atoms with Crippen LogP contribution in [0.2, 0.25) is 0 Å². The van der Waals surface area contributed by atoms with Gasteiger partial charge in [0, 0.05) is 0 Å². The molecule has 0 bridgehead atoms. The van der Waals surface area contributed by atoms with Gasteiger partial charge in [0.05, 0.1) is 11.5 Å². The average molecular weight is 258 g/mol.